The van der Waals surface area contributed by atoms with Gasteiger partial charge in [-0.15, -0.1) is 0 Å². The van der Waals surface area contributed by atoms with E-state index in [1.165, 1.54) is 0 Å². The van der Waals surface area contributed by atoms with E-state index >= 15 is 0 Å². The summed E-state index contributed by atoms with van der Waals surface area (Å²) in [6, 6.07) is 0. The second-order valence-electron chi connectivity index (χ2n) is 6.26. The summed E-state index contributed by atoms with van der Waals surface area (Å²) in [6.07, 6.45) is 5.14. The number of hydrogen-bond donors (Lipinski definition) is 4. The van der Waals surface area contributed by atoms with Crippen LogP contribution >= 0.6 is 0 Å². The van der Waals surface area contributed by atoms with Crippen LogP contribution in [0.1, 0.15) is 65.2 Å². The van der Waals surface area contributed by atoms with Crippen LogP contribution in [0.15, 0.2) is 0 Å². The molecule has 0 aromatic heterocycles. The predicted octanol–water partition coefficient (Wildman–Crippen LogP) is 1.62. The van der Waals surface area contributed by atoms with Crippen LogP contribution in [0.2, 0.25) is 0 Å². The summed E-state index contributed by atoms with van der Waals surface area (Å²) in [5.74, 6) is -0.954. The lowest BCUT2D eigenvalue weighted by atomic mass is 9.86. The summed E-state index contributed by atoms with van der Waals surface area (Å²) in [4.78, 5) is 13.8. The Labute approximate surface area is 140 Å². The third-order valence-electron chi connectivity index (χ3n) is 4.40. The molecule has 0 aromatic carbocycles. The third kappa shape index (κ3) is 7.61. The van der Waals surface area contributed by atoms with Gasteiger partial charge in [0.25, 0.3) is 0 Å². The Morgan fingerprint density at radius 1 is 1.04 bits per heavy atom. The fourth-order valence-corrected chi connectivity index (χ4v) is 2.99. The van der Waals surface area contributed by atoms with E-state index in [1.54, 1.807) is 4.90 Å². The molecule has 0 aliphatic heterocycles. The highest BCUT2D eigenvalue weighted by Gasteiger charge is 2.43. The van der Waals surface area contributed by atoms with Crippen molar-refractivity contribution in [3.05, 3.63) is 0 Å². The highest BCUT2D eigenvalue weighted by Crippen LogP contribution is 2.28. The molecule has 138 valence electrons. The molecule has 4 N–H and O–H groups in total. The van der Waals surface area contributed by atoms with E-state index in [2.05, 4.69) is 13.8 Å². The Morgan fingerprint density at radius 2 is 1.65 bits per heavy atom. The molecule has 0 aromatic rings. The maximum absolute atomic E-state index is 12.1. The lowest BCUT2D eigenvalue weighted by Gasteiger charge is -2.41. The summed E-state index contributed by atoms with van der Waals surface area (Å²) in [5.41, 5.74) is -1.17. The Morgan fingerprint density at radius 3 is 2.13 bits per heavy atom. The first-order valence-electron chi connectivity index (χ1n) is 8.86. The molecule has 0 bridgehead atoms. The molecule has 0 aliphatic carbocycles. The number of unbranched alkanes of at least 4 members (excludes halogenated alkanes) is 4. The van der Waals surface area contributed by atoms with Crippen molar-refractivity contribution in [3.63, 3.8) is 0 Å². The zero-order chi connectivity index (χ0) is 17.7. The number of carboxylic acids is 1. The Hall–Kier alpha value is -0.690. The molecule has 0 amide bonds. The van der Waals surface area contributed by atoms with Crippen molar-refractivity contribution in [1.82, 2.24) is 4.90 Å². The van der Waals surface area contributed by atoms with E-state index in [4.69, 9.17) is 5.11 Å². The van der Waals surface area contributed by atoms with E-state index in [1.807, 2.05) is 0 Å². The van der Waals surface area contributed by atoms with Crippen molar-refractivity contribution < 1.29 is 25.2 Å². The number of carbonyl (C=O) groups is 1. The Kier molecular flexibility index (Phi) is 12.3. The molecule has 1 unspecified atom stereocenters. The highest BCUT2D eigenvalue weighted by molar-refractivity contribution is 5.78. The van der Waals surface area contributed by atoms with Gasteiger partial charge in [0.2, 0.25) is 0 Å². The first-order valence-corrected chi connectivity index (χ1v) is 8.86. The summed E-state index contributed by atoms with van der Waals surface area (Å²) >= 11 is 0. The van der Waals surface area contributed by atoms with Crippen molar-refractivity contribution in [2.75, 3.05) is 26.3 Å². The average Bonchev–Trinajstić information content (AvgIpc) is 2.53. The van der Waals surface area contributed by atoms with Gasteiger partial charge in [-0.1, -0.05) is 46.0 Å². The lowest BCUT2D eigenvalue weighted by Crippen LogP contribution is -2.58. The van der Waals surface area contributed by atoms with Gasteiger partial charge in [0.1, 0.15) is 5.54 Å². The third-order valence-corrected chi connectivity index (χ3v) is 4.40. The fourth-order valence-electron chi connectivity index (χ4n) is 2.99. The van der Waals surface area contributed by atoms with Gasteiger partial charge in [0, 0.05) is 13.2 Å². The second-order valence-corrected chi connectivity index (χ2v) is 6.26. The molecule has 2 atom stereocenters. The van der Waals surface area contributed by atoms with Crippen LogP contribution in [0.25, 0.3) is 0 Å². The molecule has 6 heteroatoms. The zero-order valence-electron chi connectivity index (χ0n) is 14.7. The number of carboxylic acid groups (broad SMARTS) is 1. The van der Waals surface area contributed by atoms with E-state index in [9.17, 15) is 20.1 Å². The van der Waals surface area contributed by atoms with Gasteiger partial charge in [-0.3, -0.25) is 9.69 Å². The topological polar surface area (TPSA) is 101 Å². The van der Waals surface area contributed by atoms with Crippen LogP contribution in [-0.4, -0.2) is 69.2 Å². The van der Waals surface area contributed by atoms with E-state index in [0.29, 0.717) is 13.0 Å². The van der Waals surface area contributed by atoms with Crippen LogP contribution < -0.4 is 0 Å². The molecule has 0 rings (SSSR count). The standard InChI is InChI=1S/C17H35NO5/c1-3-5-7-9-17(10-12-19,16(22)23)18(11-8-6-4-2)13-15(21)14-20/h15,19-21H,3-14H2,1-2H3,(H,22,23)/t15?,17-/m0/s1. The number of β-amino-alcohol motifs (C(OH)–C–C–N with tert-alkyl or cyclic N) is 1. The SMILES string of the molecule is CCCCCN(CC(O)CO)[C@](CCO)(CCCCC)C(=O)O. The van der Waals surface area contributed by atoms with Crippen molar-refractivity contribution in [2.45, 2.75) is 76.9 Å². The highest BCUT2D eigenvalue weighted by atomic mass is 16.4. The molecule has 0 saturated carbocycles. The van der Waals surface area contributed by atoms with Gasteiger partial charge in [-0.25, -0.2) is 0 Å². The molecular weight excluding hydrogens is 298 g/mol. The lowest BCUT2D eigenvalue weighted by molar-refractivity contribution is -0.155. The van der Waals surface area contributed by atoms with Crippen LogP contribution in [0.4, 0.5) is 0 Å². The van der Waals surface area contributed by atoms with Crippen LogP contribution in [0, 0.1) is 0 Å². The monoisotopic (exact) mass is 333 g/mol. The molecule has 0 aliphatic rings. The minimum Gasteiger partial charge on any atom is -0.480 e. The van der Waals surface area contributed by atoms with E-state index < -0.39 is 24.2 Å². The maximum Gasteiger partial charge on any atom is 0.324 e. The van der Waals surface area contributed by atoms with Gasteiger partial charge < -0.3 is 20.4 Å². The Balaban J connectivity index is 5.31. The Bertz CT molecular complexity index is 313. The summed E-state index contributed by atoms with van der Waals surface area (Å²) < 4.78 is 0. The van der Waals surface area contributed by atoms with Crippen molar-refractivity contribution in [3.8, 4) is 0 Å². The largest absolute Gasteiger partial charge is 0.480 e. The summed E-state index contributed by atoms with van der Waals surface area (Å²) in [6.45, 7) is 4.18. The molecule has 0 fully saturated rings. The fraction of sp³-hybridized carbons (Fsp3) is 0.941. The van der Waals surface area contributed by atoms with Crippen LogP contribution in [0.5, 0.6) is 0 Å². The molecule has 0 heterocycles. The smallest absolute Gasteiger partial charge is 0.324 e. The first kappa shape index (κ1) is 22.3. The van der Waals surface area contributed by atoms with Crippen molar-refractivity contribution in [1.29, 1.82) is 0 Å². The molecule has 23 heavy (non-hydrogen) atoms. The minimum absolute atomic E-state index is 0.110. The molecule has 0 radical (unpaired) electrons. The average molecular weight is 333 g/mol. The number of aliphatic hydroxyl groups is 3. The van der Waals surface area contributed by atoms with Gasteiger partial charge in [-0.2, -0.15) is 0 Å². The van der Waals surface area contributed by atoms with Gasteiger partial charge in [0.05, 0.1) is 12.7 Å². The maximum atomic E-state index is 12.1. The second kappa shape index (κ2) is 12.7. The van der Waals surface area contributed by atoms with Crippen LogP contribution in [0.3, 0.4) is 0 Å². The van der Waals surface area contributed by atoms with Crippen LogP contribution in [-0.2, 0) is 4.79 Å². The number of nitrogens with zero attached hydrogens (tertiary/aromatic N) is 1. The molecule has 0 saturated heterocycles. The molecule has 6 nitrogen and oxygen atoms in total. The van der Waals surface area contributed by atoms with Crippen molar-refractivity contribution in [2.24, 2.45) is 0 Å². The zero-order valence-corrected chi connectivity index (χ0v) is 14.7. The van der Waals surface area contributed by atoms with Crippen molar-refractivity contribution >= 4 is 5.97 Å². The summed E-state index contributed by atoms with van der Waals surface area (Å²) in [5, 5.41) is 38.2. The number of rotatable bonds is 15. The number of aliphatic hydroxyl groups excluding tert-OH is 3. The number of aliphatic carboxylic acids is 1. The van der Waals surface area contributed by atoms with Gasteiger partial charge in [-0.05, 0) is 25.8 Å². The molecule has 0 spiro atoms. The molecular formula is C17H35NO5. The number of hydrogen-bond acceptors (Lipinski definition) is 5. The van der Waals surface area contributed by atoms with Gasteiger partial charge >= 0.3 is 5.97 Å². The minimum atomic E-state index is -1.17. The van der Waals surface area contributed by atoms with Gasteiger partial charge in [0.15, 0.2) is 0 Å². The van der Waals surface area contributed by atoms with E-state index in [0.717, 1.165) is 38.5 Å². The quantitative estimate of drug-likeness (QED) is 0.340. The normalized spacial score (nSPS) is 15.6. The predicted molar refractivity (Wildman–Crippen MR) is 90.4 cm³/mol. The summed E-state index contributed by atoms with van der Waals surface area (Å²) in [7, 11) is 0. The first-order chi connectivity index (χ1) is 11.0. The van der Waals surface area contributed by atoms with E-state index in [-0.39, 0.29) is 19.6 Å².